The molecule has 1 aliphatic heterocycles. The Hall–Kier alpha value is -3.10. The van der Waals surface area contributed by atoms with Crippen LogP contribution in [0.5, 0.6) is 5.75 Å². The Morgan fingerprint density at radius 3 is 2.69 bits per heavy atom. The van der Waals surface area contributed by atoms with Crippen LogP contribution in [0.15, 0.2) is 70.0 Å². The van der Waals surface area contributed by atoms with Crippen molar-refractivity contribution in [3.63, 3.8) is 0 Å². The summed E-state index contributed by atoms with van der Waals surface area (Å²) in [4.78, 5) is 38.7. The van der Waals surface area contributed by atoms with E-state index in [1.54, 1.807) is 24.3 Å². The van der Waals surface area contributed by atoms with Crippen molar-refractivity contribution >= 4 is 61.7 Å². The van der Waals surface area contributed by atoms with Gasteiger partial charge in [0, 0.05) is 10.0 Å². The number of nitrogens with zero attached hydrogens (tertiary/aromatic N) is 1. The summed E-state index contributed by atoms with van der Waals surface area (Å²) in [5, 5.41) is 1.72. The highest BCUT2D eigenvalue weighted by Gasteiger charge is 2.35. The van der Waals surface area contributed by atoms with E-state index in [0.29, 0.717) is 11.3 Å². The summed E-state index contributed by atoms with van der Waals surface area (Å²) < 4.78 is 10.9. The second-order valence-electron chi connectivity index (χ2n) is 6.95. The lowest BCUT2D eigenvalue weighted by atomic mass is 10.0. The van der Waals surface area contributed by atoms with Gasteiger partial charge in [0.25, 0.3) is 11.1 Å². The molecule has 0 unspecified atom stereocenters. The summed E-state index contributed by atoms with van der Waals surface area (Å²) in [7, 11) is 1.28. The van der Waals surface area contributed by atoms with Crippen LogP contribution in [-0.2, 0) is 20.9 Å². The number of amides is 2. The van der Waals surface area contributed by atoms with Crippen molar-refractivity contribution in [1.82, 2.24) is 4.90 Å². The Bertz CT molecular complexity index is 1250. The predicted molar refractivity (Wildman–Crippen MR) is 127 cm³/mol. The highest BCUT2D eigenvalue weighted by molar-refractivity contribution is 9.10. The Kier molecular flexibility index (Phi) is 6.62. The third-order valence-corrected chi connectivity index (χ3v) is 6.31. The van der Waals surface area contributed by atoms with E-state index in [1.807, 2.05) is 42.5 Å². The van der Waals surface area contributed by atoms with Crippen molar-refractivity contribution in [2.24, 2.45) is 0 Å². The number of halogens is 1. The smallest absolute Gasteiger partial charge is 0.343 e. The predicted octanol–water partition coefficient (Wildman–Crippen LogP) is 5.39. The number of carbonyl (C=O) groups excluding carboxylic acids is 3. The number of ether oxygens (including phenoxy) is 2. The standard InChI is InChI=1S/C24H18BrNO5S/c1-30-22(27)14-31-20-10-9-18(25)11-17(20)12-21-23(28)26(24(29)32-21)13-16-7-4-6-15-5-2-3-8-19(15)16/h2-12H,13-14H2,1H3/b21-12-. The number of hydrogen-bond donors (Lipinski definition) is 0. The number of fused-ring (bicyclic) bond motifs is 1. The second kappa shape index (κ2) is 9.58. The molecule has 1 aliphatic rings. The molecule has 0 aromatic heterocycles. The van der Waals surface area contributed by atoms with Crippen molar-refractivity contribution in [3.8, 4) is 5.75 Å². The first-order valence-corrected chi connectivity index (χ1v) is 11.3. The van der Waals surface area contributed by atoms with Crippen LogP contribution in [0.1, 0.15) is 11.1 Å². The molecule has 3 aromatic rings. The fraction of sp³-hybridized carbons (Fsp3) is 0.125. The van der Waals surface area contributed by atoms with Crippen LogP contribution >= 0.6 is 27.7 Å². The molecule has 32 heavy (non-hydrogen) atoms. The van der Waals surface area contributed by atoms with Crippen LogP contribution < -0.4 is 4.74 Å². The molecular formula is C24H18BrNO5S. The summed E-state index contributed by atoms with van der Waals surface area (Å²) in [5.41, 5.74) is 1.47. The monoisotopic (exact) mass is 511 g/mol. The molecule has 0 saturated carbocycles. The van der Waals surface area contributed by atoms with Gasteiger partial charge in [-0.3, -0.25) is 14.5 Å². The maximum atomic E-state index is 13.1. The molecule has 1 fully saturated rings. The van der Waals surface area contributed by atoms with E-state index in [2.05, 4.69) is 20.7 Å². The van der Waals surface area contributed by atoms with Gasteiger partial charge in [0.2, 0.25) is 0 Å². The number of imide groups is 1. The number of hydrogen-bond acceptors (Lipinski definition) is 6. The molecule has 1 heterocycles. The van der Waals surface area contributed by atoms with Crippen LogP contribution in [0, 0.1) is 0 Å². The van der Waals surface area contributed by atoms with E-state index in [1.165, 1.54) is 12.0 Å². The van der Waals surface area contributed by atoms with Gasteiger partial charge in [-0.1, -0.05) is 58.4 Å². The topological polar surface area (TPSA) is 72.9 Å². The average Bonchev–Trinajstić information content (AvgIpc) is 3.06. The first kappa shape index (κ1) is 22.1. The summed E-state index contributed by atoms with van der Waals surface area (Å²) in [5.74, 6) is -0.486. The van der Waals surface area contributed by atoms with E-state index in [9.17, 15) is 14.4 Å². The molecule has 0 spiro atoms. The number of benzene rings is 3. The van der Waals surface area contributed by atoms with Gasteiger partial charge in [0.05, 0.1) is 18.6 Å². The highest BCUT2D eigenvalue weighted by Crippen LogP contribution is 2.36. The fourth-order valence-electron chi connectivity index (χ4n) is 3.34. The van der Waals surface area contributed by atoms with Gasteiger partial charge in [-0.25, -0.2) is 4.79 Å². The average molecular weight is 512 g/mol. The van der Waals surface area contributed by atoms with Crippen molar-refractivity contribution in [2.75, 3.05) is 13.7 Å². The number of esters is 1. The largest absolute Gasteiger partial charge is 0.481 e. The van der Waals surface area contributed by atoms with Crippen LogP contribution in [-0.4, -0.2) is 35.7 Å². The van der Waals surface area contributed by atoms with Crippen molar-refractivity contribution < 1.29 is 23.9 Å². The molecule has 8 heteroatoms. The molecule has 0 bridgehead atoms. The van der Waals surface area contributed by atoms with Gasteiger partial charge in [-0.05, 0) is 52.4 Å². The molecule has 0 aliphatic carbocycles. The number of methoxy groups -OCH3 is 1. The number of rotatable bonds is 6. The Labute approximate surface area is 197 Å². The maximum Gasteiger partial charge on any atom is 0.343 e. The Morgan fingerprint density at radius 1 is 1.09 bits per heavy atom. The minimum Gasteiger partial charge on any atom is -0.481 e. The molecule has 6 nitrogen and oxygen atoms in total. The van der Waals surface area contributed by atoms with E-state index >= 15 is 0 Å². The van der Waals surface area contributed by atoms with Gasteiger partial charge in [0.15, 0.2) is 6.61 Å². The van der Waals surface area contributed by atoms with E-state index in [0.717, 1.165) is 32.6 Å². The zero-order chi connectivity index (χ0) is 22.7. The number of thioether (sulfide) groups is 1. The minimum absolute atomic E-state index is 0.188. The molecule has 3 aromatic carbocycles. The fourth-order valence-corrected chi connectivity index (χ4v) is 4.55. The SMILES string of the molecule is COC(=O)COc1ccc(Br)cc1/C=C1\SC(=O)N(Cc2cccc3ccccc23)C1=O. The summed E-state index contributed by atoms with van der Waals surface area (Å²) >= 11 is 4.28. The normalized spacial score (nSPS) is 14.9. The van der Waals surface area contributed by atoms with Gasteiger partial charge in [-0.15, -0.1) is 0 Å². The Balaban J connectivity index is 1.60. The Morgan fingerprint density at radius 2 is 1.88 bits per heavy atom. The molecule has 162 valence electrons. The van der Waals surface area contributed by atoms with Gasteiger partial charge in [-0.2, -0.15) is 0 Å². The van der Waals surface area contributed by atoms with Gasteiger partial charge in [0.1, 0.15) is 5.75 Å². The summed E-state index contributed by atoms with van der Waals surface area (Å²) in [6, 6.07) is 18.9. The van der Waals surface area contributed by atoms with E-state index in [4.69, 9.17) is 4.74 Å². The van der Waals surface area contributed by atoms with E-state index < -0.39 is 5.97 Å². The highest BCUT2D eigenvalue weighted by atomic mass is 79.9. The third-order valence-electron chi connectivity index (χ3n) is 4.91. The molecule has 0 radical (unpaired) electrons. The van der Waals surface area contributed by atoms with Gasteiger partial charge < -0.3 is 9.47 Å². The van der Waals surface area contributed by atoms with E-state index in [-0.39, 0.29) is 29.2 Å². The lowest BCUT2D eigenvalue weighted by Gasteiger charge is -2.14. The zero-order valence-electron chi connectivity index (χ0n) is 17.0. The van der Waals surface area contributed by atoms with Crippen molar-refractivity contribution in [2.45, 2.75) is 6.54 Å². The summed E-state index contributed by atoms with van der Waals surface area (Å²) in [6.45, 7) is -0.0743. The van der Waals surface area contributed by atoms with Crippen molar-refractivity contribution in [1.29, 1.82) is 0 Å². The van der Waals surface area contributed by atoms with Crippen LogP contribution in [0.3, 0.4) is 0 Å². The molecule has 0 atom stereocenters. The first-order valence-electron chi connectivity index (χ1n) is 9.67. The molecule has 4 rings (SSSR count). The molecular weight excluding hydrogens is 494 g/mol. The van der Waals surface area contributed by atoms with Crippen molar-refractivity contribution in [3.05, 3.63) is 81.2 Å². The lowest BCUT2D eigenvalue weighted by Crippen LogP contribution is -2.27. The molecule has 2 amide bonds. The lowest BCUT2D eigenvalue weighted by molar-refractivity contribution is -0.142. The summed E-state index contributed by atoms with van der Waals surface area (Å²) in [6.07, 6.45) is 1.60. The quantitative estimate of drug-likeness (QED) is 0.326. The third kappa shape index (κ3) is 4.71. The van der Waals surface area contributed by atoms with Crippen LogP contribution in [0.2, 0.25) is 0 Å². The molecule has 1 saturated heterocycles. The minimum atomic E-state index is -0.519. The molecule has 0 N–H and O–H groups in total. The van der Waals surface area contributed by atoms with Crippen LogP contribution in [0.4, 0.5) is 4.79 Å². The van der Waals surface area contributed by atoms with Crippen LogP contribution in [0.25, 0.3) is 16.8 Å². The second-order valence-corrected chi connectivity index (χ2v) is 8.86. The van der Waals surface area contributed by atoms with Gasteiger partial charge >= 0.3 is 5.97 Å². The maximum absolute atomic E-state index is 13.1. The first-order chi connectivity index (χ1) is 15.5. The number of carbonyl (C=O) groups is 3. The zero-order valence-corrected chi connectivity index (χ0v) is 19.4.